The lowest BCUT2D eigenvalue weighted by molar-refractivity contribution is -0.132. The van der Waals surface area contributed by atoms with Crippen molar-refractivity contribution >= 4 is 30.2 Å². The van der Waals surface area contributed by atoms with Crippen molar-refractivity contribution in [3.8, 4) is 17.2 Å². The van der Waals surface area contributed by atoms with E-state index in [1.807, 2.05) is 0 Å². The van der Waals surface area contributed by atoms with Crippen LogP contribution in [0.25, 0.3) is 0 Å². The summed E-state index contributed by atoms with van der Waals surface area (Å²) in [7, 11) is 2.84. The maximum absolute atomic E-state index is 12.7. The molecule has 1 aromatic rings. The lowest BCUT2D eigenvalue weighted by Crippen LogP contribution is -2.52. The van der Waals surface area contributed by atoms with E-state index in [9.17, 15) is 9.59 Å². The number of guanidine groups is 1. The molecular formula is C16H23ClN4O5. The van der Waals surface area contributed by atoms with Crippen LogP contribution in [0.2, 0.25) is 0 Å². The highest BCUT2D eigenvalue weighted by molar-refractivity contribution is 5.96. The number of hydrogen-bond donors (Lipinski definition) is 2. The van der Waals surface area contributed by atoms with Gasteiger partial charge >= 0.3 is 5.97 Å². The number of carbonyl (C=O) groups is 2. The van der Waals surface area contributed by atoms with Gasteiger partial charge in [-0.15, -0.1) is 12.4 Å². The smallest absolute Gasteiger partial charge is 0.308 e. The maximum Gasteiger partial charge on any atom is 0.308 e. The second-order valence-corrected chi connectivity index (χ2v) is 5.47. The van der Waals surface area contributed by atoms with Crippen LogP contribution in [0.4, 0.5) is 0 Å². The summed E-state index contributed by atoms with van der Waals surface area (Å²) in [5, 5.41) is 7.44. The summed E-state index contributed by atoms with van der Waals surface area (Å²) < 4.78 is 15.6. The van der Waals surface area contributed by atoms with Gasteiger partial charge in [0.05, 0.1) is 14.2 Å². The van der Waals surface area contributed by atoms with E-state index < -0.39 is 5.97 Å². The molecule has 0 radical (unpaired) electrons. The Bertz CT molecular complexity index is 664. The zero-order valence-corrected chi connectivity index (χ0v) is 15.7. The number of methoxy groups -OCH3 is 2. The third-order valence-corrected chi connectivity index (χ3v) is 3.86. The highest BCUT2D eigenvalue weighted by atomic mass is 35.5. The van der Waals surface area contributed by atoms with Crippen molar-refractivity contribution < 1.29 is 23.8 Å². The van der Waals surface area contributed by atoms with Gasteiger partial charge in [-0.05, 0) is 12.1 Å². The predicted molar refractivity (Wildman–Crippen MR) is 97.5 cm³/mol. The monoisotopic (exact) mass is 386 g/mol. The molecule has 0 saturated carbocycles. The maximum atomic E-state index is 12.7. The number of hydrogen-bond acceptors (Lipinski definition) is 6. The average molecular weight is 387 g/mol. The molecule has 0 spiro atoms. The van der Waals surface area contributed by atoms with Crippen molar-refractivity contribution in [1.29, 1.82) is 5.41 Å². The third-order valence-electron chi connectivity index (χ3n) is 3.86. The number of ether oxygens (including phenoxy) is 3. The normalized spacial score (nSPS) is 13.5. The first-order chi connectivity index (χ1) is 11.9. The SMILES string of the molecule is COc1cc(C(=O)N2CCN(C(=N)N)CC2)cc(OC)c1OC(C)=O.Cl. The van der Waals surface area contributed by atoms with Crippen molar-refractivity contribution in [1.82, 2.24) is 9.80 Å². The molecule has 0 bridgehead atoms. The fraction of sp³-hybridized carbons (Fsp3) is 0.438. The van der Waals surface area contributed by atoms with Crippen molar-refractivity contribution in [2.45, 2.75) is 6.92 Å². The van der Waals surface area contributed by atoms with Crippen molar-refractivity contribution in [3.63, 3.8) is 0 Å². The summed E-state index contributed by atoms with van der Waals surface area (Å²) >= 11 is 0. The molecule has 2 rings (SSSR count). The van der Waals surface area contributed by atoms with E-state index in [2.05, 4.69) is 0 Å². The standard InChI is InChI=1S/C16H22N4O5.ClH/c1-10(21)25-14-12(23-2)8-11(9-13(14)24-3)15(22)19-4-6-20(7-5-19)16(17)18;/h8-9H,4-7H2,1-3H3,(H3,17,18);1H. The predicted octanol–water partition coefficient (Wildman–Crippen LogP) is 0.702. The van der Waals surface area contributed by atoms with Crippen LogP contribution in [0.1, 0.15) is 17.3 Å². The molecule has 10 heteroatoms. The quantitative estimate of drug-likeness (QED) is 0.338. The van der Waals surface area contributed by atoms with Crippen LogP contribution in [0.5, 0.6) is 17.2 Å². The van der Waals surface area contributed by atoms with Gasteiger partial charge in [-0.1, -0.05) is 0 Å². The molecule has 9 nitrogen and oxygen atoms in total. The largest absolute Gasteiger partial charge is 0.493 e. The number of esters is 1. The molecule has 1 saturated heterocycles. The molecule has 0 unspecified atom stereocenters. The Balaban J connectivity index is 0.00000338. The van der Waals surface area contributed by atoms with E-state index in [0.717, 1.165) is 0 Å². The van der Waals surface area contributed by atoms with Crippen LogP contribution >= 0.6 is 12.4 Å². The Hall–Kier alpha value is -2.68. The van der Waals surface area contributed by atoms with Crippen molar-refractivity contribution in [2.75, 3.05) is 40.4 Å². The zero-order chi connectivity index (χ0) is 18.6. The molecule has 1 fully saturated rings. The van der Waals surface area contributed by atoms with Gasteiger partial charge in [-0.3, -0.25) is 15.0 Å². The molecular weight excluding hydrogens is 364 g/mol. The highest BCUT2D eigenvalue weighted by Gasteiger charge is 2.25. The third kappa shape index (κ3) is 4.69. The Kier molecular flexibility index (Phi) is 7.51. The Labute approximate surface area is 157 Å². The zero-order valence-electron chi connectivity index (χ0n) is 14.9. The molecule has 0 atom stereocenters. The van der Waals surface area contributed by atoms with Crippen LogP contribution in [-0.4, -0.2) is 68.0 Å². The summed E-state index contributed by atoms with van der Waals surface area (Å²) in [6.45, 7) is 3.18. The van der Waals surface area contributed by atoms with E-state index in [4.69, 9.17) is 25.4 Å². The topological polar surface area (TPSA) is 118 Å². The first-order valence-electron chi connectivity index (χ1n) is 7.70. The molecule has 26 heavy (non-hydrogen) atoms. The number of rotatable bonds is 4. The second-order valence-electron chi connectivity index (χ2n) is 5.47. The molecule has 3 N–H and O–H groups in total. The Morgan fingerprint density at radius 1 is 1.04 bits per heavy atom. The molecule has 144 valence electrons. The molecule has 0 aliphatic carbocycles. The van der Waals surface area contributed by atoms with Crippen LogP contribution in [-0.2, 0) is 4.79 Å². The van der Waals surface area contributed by atoms with Gasteiger partial charge in [0.25, 0.3) is 5.91 Å². The summed E-state index contributed by atoms with van der Waals surface area (Å²) in [6, 6.07) is 3.03. The van der Waals surface area contributed by atoms with E-state index in [-0.39, 0.29) is 41.5 Å². The fourth-order valence-electron chi connectivity index (χ4n) is 2.58. The van der Waals surface area contributed by atoms with Gasteiger partial charge in [-0.2, -0.15) is 0 Å². The van der Waals surface area contributed by atoms with Crippen molar-refractivity contribution in [2.24, 2.45) is 5.73 Å². The number of halogens is 1. The summed E-state index contributed by atoms with van der Waals surface area (Å²) in [5.74, 6) is -0.109. The number of nitrogens with two attached hydrogens (primary N) is 1. The number of piperazine rings is 1. The van der Waals surface area contributed by atoms with Crippen LogP contribution in [0.15, 0.2) is 12.1 Å². The minimum Gasteiger partial charge on any atom is -0.493 e. The Morgan fingerprint density at radius 3 is 1.88 bits per heavy atom. The van der Waals surface area contributed by atoms with Gasteiger partial charge in [0.2, 0.25) is 5.75 Å². The first-order valence-corrected chi connectivity index (χ1v) is 7.70. The van der Waals surface area contributed by atoms with Gasteiger partial charge in [0, 0.05) is 38.7 Å². The molecule has 1 heterocycles. The minimum atomic E-state index is -0.518. The number of nitrogens with zero attached hydrogens (tertiary/aromatic N) is 2. The van der Waals surface area contributed by atoms with Gasteiger partial charge < -0.3 is 29.7 Å². The van der Waals surface area contributed by atoms with Gasteiger partial charge in [0.1, 0.15) is 0 Å². The van der Waals surface area contributed by atoms with Crippen LogP contribution in [0, 0.1) is 5.41 Å². The Morgan fingerprint density at radius 2 is 1.50 bits per heavy atom. The number of benzene rings is 1. The number of carbonyl (C=O) groups excluding carboxylic acids is 2. The molecule has 0 aromatic heterocycles. The number of nitrogens with one attached hydrogen (secondary N) is 1. The molecule has 1 aromatic carbocycles. The minimum absolute atomic E-state index is 0. The first kappa shape index (κ1) is 21.4. The fourth-order valence-corrected chi connectivity index (χ4v) is 2.58. The van der Waals surface area contributed by atoms with Crippen molar-refractivity contribution in [3.05, 3.63) is 17.7 Å². The van der Waals surface area contributed by atoms with E-state index in [1.165, 1.54) is 33.3 Å². The van der Waals surface area contributed by atoms with E-state index >= 15 is 0 Å². The van der Waals surface area contributed by atoms with Crippen LogP contribution in [0.3, 0.4) is 0 Å². The van der Waals surface area contributed by atoms with E-state index in [0.29, 0.717) is 31.7 Å². The lowest BCUT2D eigenvalue weighted by atomic mass is 10.1. The van der Waals surface area contributed by atoms with Gasteiger partial charge in [0.15, 0.2) is 17.5 Å². The summed E-state index contributed by atoms with van der Waals surface area (Å²) in [6.07, 6.45) is 0. The summed E-state index contributed by atoms with van der Waals surface area (Å²) in [4.78, 5) is 27.4. The summed E-state index contributed by atoms with van der Waals surface area (Å²) in [5.41, 5.74) is 5.83. The highest BCUT2D eigenvalue weighted by Crippen LogP contribution is 2.39. The average Bonchev–Trinajstić information content (AvgIpc) is 2.60. The second kappa shape index (κ2) is 9.14. The van der Waals surface area contributed by atoms with Crippen LogP contribution < -0.4 is 19.9 Å². The van der Waals surface area contributed by atoms with Gasteiger partial charge in [-0.25, -0.2) is 0 Å². The van der Waals surface area contributed by atoms with E-state index in [1.54, 1.807) is 9.80 Å². The number of amides is 1. The molecule has 1 aliphatic heterocycles. The molecule has 1 aliphatic rings. The molecule has 1 amide bonds. The lowest BCUT2D eigenvalue weighted by Gasteiger charge is -2.35.